The molecule has 0 N–H and O–H groups in total. The Labute approximate surface area is 87.5 Å². The molecule has 1 saturated carbocycles. The first-order chi connectivity index (χ1) is 6.75. The molecule has 1 aromatic carbocycles. The molecule has 0 saturated heterocycles. The maximum atomic E-state index is 5.95. The monoisotopic (exact) mass is 206 g/mol. The van der Waals surface area contributed by atoms with Crippen LogP contribution in [0.2, 0.25) is 5.02 Å². The van der Waals surface area contributed by atoms with E-state index in [4.69, 9.17) is 11.6 Å². The minimum Gasteiger partial charge on any atom is -0.331 e. The molecule has 0 unspecified atom stereocenters. The number of aromatic nitrogens is 2. The molecule has 0 atom stereocenters. The predicted octanol–water partition coefficient (Wildman–Crippen LogP) is 3.10. The molecule has 0 bridgehead atoms. The average Bonchev–Trinajstić information content (AvgIpc) is 2.95. The Morgan fingerprint density at radius 1 is 1.43 bits per heavy atom. The number of imidazole rings is 1. The van der Waals surface area contributed by atoms with Gasteiger partial charge in [-0.3, -0.25) is 0 Å². The maximum absolute atomic E-state index is 5.95. The highest BCUT2D eigenvalue weighted by Gasteiger charge is 2.28. The van der Waals surface area contributed by atoms with Crippen LogP contribution in [0, 0.1) is 0 Å². The number of halogens is 1. The van der Waals surface area contributed by atoms with Crippen molar-refractivity contribution in [3.63, 3.8) is 0 Å². The van der Waals surface area contributed by atoms with Crippen LogP contribution >= 0.6 is 11.6 Å². The number of benzene rings is 1. The van der Waals surface area contributed by atoms with E-state index < -0.39 is 0 Å². The van der Waals surface area contributed by atoms with E-state index in [2.05, 4.69) is 16.6 Å². The maximum Gasteiger partial charge on any atom is 0.112 e. The molecular formula is C11H11ClN2. The first-order valence-corrected chi connectivity index (χ1v) is 5.25. The van der Waals surface area contributed by atoms with Crippen molar-refractivity contribution in [3.8, 4) is 0 Å². The summed E-state index contributed by atoms with van der Waals surface area (Å²) in [6.07, 6.45) is 2.57. The highest BCUT2D eigenvalue weighted by Crippen LogP contribution is 2.40. The van der Waals surface area contributed by atoms with E-state index in [1.54, 1.807) is 0 Å². The van der Waals surface area contributed by atoms with Crippen LogP contribution in [-0.4, -0.2) is 9.55 Å². The van der Waals surface area contributed by atoms with Gasteiger partial charge in [0.2, 0.25) is 0 Å². The molecule has 0 amide bonds. The molecule has 1 heterocycles. The number of fused-ring (bicyclic) bond motifs is 1. The fraction of sp³-hybridized carbons (Fsp3) is 0.364. The van der Waals surface area contributed by atoms with E-state index in [1.165, 1.54) is 18.7 Å². The van der Waals surface area contributed by atoms with Gasteiger partial charge in [-0.25, -0.2) is 4.98 Å². The third-order valence-corrected chi connectivity index (χ3v) is 3.06. The fourth-order valence-corrected chi connectivity index (χ4v) is 2.05. The summed E-state index contributed by atoms with van der Waals surface area (Å²) in [6.45, 7) is 0. The number of nitrogens with zero attached hydrogens (tertiary/aromatic N) is 2. The van der Waals surface area contributed by atoms with Crippen LogP contribution in [0.15, 0.2) is 18.2 Å². The number of aryl methyl sites for hydroxylation is 1. The Morgan fingerprint density at radius 3 is 2.93 bits per heavy atom. The lowest BCUT2D eigenvalue weighted by molar-refractivity contribution is 0.820. The second-order valence-electron chi connectivity index (χ2n) is 3.94. The van der Waals surface area contributed by atoms with Crippen LogP contribution in [-0.2, 0) is 7.05 Å². The van der Waals surface area contributed by atoms with Crippen molar-refractivity contribution in [2.75, 3.05) is 0 Å². The smallest absolute Gasteiger partial charge is 0.112 e. The normalized spacial score (nSPS) is 16.4. The second-order valence-corrected chi connectivity index (χ2v) is 4.37. The average molecular weight is 207 g/mol. The Kier molecular flexibility index (Phi) is 1.62. The van der Waals surface area contributed by atoms with Crippen LogP contribution < -0.4 is 0 Å². The molecule has 1 aromatic heterocycles. The summed E-state index contributed by atoms with van der Waals surface area (Å²) < 4.78 is 2.17. The molecule has 14 heavy (non-hydrogen) atoms. The largest absolute Gasteiger partial charge is 0.331 e. The van der Waals surface area contributed by atoms with E-state index in [-0.39, 0.29) is 0 Å². The number of hydrogen-bond acceptors (Lipinski definition) is 1. The number of hydrogen-bond donors (Lipinski definition) is 0. The molecule has 1 aliphatic carbocycles. The molecule has 2 nitrogen and oxygen atoms in total. The van der Waals surface area contributed by atoms with Crippen LogP contribution in [0.3, 0.4) is 0 Å². The standard InChI is InChI=1S/C11H11ClN2/c1-14-10-6-8(12)4-5-9(10)13-11(14)7-2-3-7/h4-7H,2-3H2,1H3. The molecule has 1 fully saturated rings. The van der Waals surface area contributed by atoms with Crippen molar-refractivity contribution in [2.45, 2.75) is 18.8 Å². The van der Waals surface area contributed by atoms with Gasteiger partial charge in [0.15, 0.2) is 0 Å². The van der Waals surface area contributed by atoms with Crippen molar-refractivity contribution in [3.05, 3.63) is 29.0 Å². The molecule has 72 valence electrons. The first-order valence-electron chi connectivity index (χ1n) is 4.87. The zero-order valence-electron chi connectivity index (χ0n) is 8.00. The highest BCUT2D eigenvalue weighted by atomic mass is 35.5. The summed E-state index contributed by atoms with van der Waals surface area (Å²) in [6, 6.07) is 5.87. The van der Waals surface area contributed by atoms with Crippen molar-refractivity contribution >= 4 is 22.6 Å². The van der Waals surface area contributed by atoms with Crippen molar-refractivity contribution in [2.24, 2.45) is 7.05 Å². The highest BCUT2D eigenvalue weighted by molar-refractivity contribution is 6.31. The van der Waals surface area contributed by atoms with Gasteiger partial charge in [0, 0.05) is 18.0 Å². The second kappa shape index (κ2) is 2.74. The lowest BCUT2D eigenvalue weighted by atomic mass is 10.3. The van der Waals surface area contributed by atoms with Gasteiger partial charge in [0.1, 0.15) is 5.82 Å². The lowest BCUT2D eigenvalue weighted by Crippen LogP contribution is -1.94. The number of rotatable bonds is 1. The van der Waals surface area contributed by atoms with Crippen LogP contribution in [0.5, 0.6) is 0 Å². The van der Waals surface area contributed by atoms with Crippen LogP contribution in [0.1, 0.15) is 24.6 Å². The van der Waals surface area contributed by atoms with Gasteiger partial charge in [-0.1, -0.05) is 11.6 Å². The quantitative estimate of drug-likeness (QED) is 0.701. The van der Waals surface area contributed by atoms with Crippen molar-refractivity contribution in [1.82, 2.24) is 9.55 Å². The molecule has 0 aliphatic heterocycles. The SMILES string of the molecule is Cn1c(C2CC2)nc2ccc(Cl)cc21. The summed E-state index contributed by atoms with van der Waals surface area (Å²) in [4.78, 5) is 4.62. The van der Waals surface area contributed by atoms with Gasteiger partial charge >= 0.3 is 0 Å². The molecule has 0 radical (unpaired) electrons. The van der Waals surface area contributed by atoms with Crippen LogP contribution in [0.25, 0.3) is 11.0 Å². The van der Waals surface area contributed by atoms with Gasteiger partial charge in [-0.05, 0) is 31.0 Å². The minimum absolute atomic E-state index is 0.686. The third kappa shape index (κ3) is 1.14. The fourth-order valence-electron chi connectivity index (χ4n) is 1.89. The predicted molar refractivity (Wildman–Crippen MR) is 57.7 cm³/mol. The van der Waals surface area contributed by atoms with Crippen molar-refractivity contribution in [1.29, 1.82) is 0 Å². The molecule has 1 aliphatic rings. The van der Waals surface area contributed by atoms with Gasteiger partial charge in [-0.15, -0.1) is 0 Å². The molecule has 3 heteroatoms. The van der Waals surface area contributed by atoms with Gasteiger partial charge in [0.05, 0.1) is 11.0 Å². The zero-order chi connectivity index (χ0) is 9.71. The lowest BCUT2D eigenvalue weighted by Gasteiger charge is -1.98. The van der Waals surface area contributed by atoms with E-state index in [1.807, 2.05) is 18.2 Å². The Morgan fingerprint density at radius 2 is 2.21 bits per heavy atom. The van der Waals surface area contributed by atoms with E-state index >= 15 is 0 Å². The summed E-state index contributed by atoms with van der Waals surface area (Å²) in [5.41, 5.74) is 2.19. The van der Waals surface area contributed by atoms with Crippen LogP contribution in [0.4, 0.5) is 0 Å². The van der Waals surface area contributed by atoms with Gasteiger partial charge < -0.3 is 4.57 Å². The topological polar surface area (TPSA) is 17.8 Å². The summed E-state index contributed by atoms with van der Waals surface area (Å²) in [7, 11) is 2.07. The third-order valence-electron chi connectivity index (χ3n) is 2.82. The van der Waals surface area contributed by atoms with E-state index in [9.17, 15) is 0 Å². The Balaban J connectivity index is 2.29. The van der Waals surface area contributed by atoms with Crippen molar-refractivity contribution < 1.29 is 0 Å². The van der Waals surface area contributed by atoms with E-state index in [0.717, 1.165) is 16.1 Å². The molecular weight excluding hydrogens is 196 g/mol. The summed E-state index contributed by atoms with van der Waals surface area (Å²) in [5, 5.41) is 0.780. The van der Waals surface area contributed by atoms with Gasteiger partial charge in [0.25, 0.3) is 0 Å². The molecule has 0 spiro atoms. The summed E-state index contributed by atoms with van der Waals surface area (Å²) >= 11 is 5.95. The van der Waals surface area contributed by atoms with E-state index in [0.29, 0.717) is 5.92 Å². The zero-order valence-corrected chi connectivity index (χ0v) is 8.75. The molecule has 2 aromatic rings. The Hall–Kier alpha value is -1.02. The minimum atomic E-state index is 0.686. The Bertz CT molecular complexity index is 497. The first kappa shape index (κ1) is 8.30. The molecule has 3 rings (SSSR count). The van der Waals surface area contributed by atoms with Gasteiger partial charge in [-0.2, -0.15) is 0 Å². The summed E-state index contributed by atoms with van der Waals surface area (Å²) in [5.74, 6) is 1.90.